The molecule has 0 aliphatic carbocycles. The van der Waals surface area contributed by atoms with Gasteiger partial charge in [0, 0.05) is 13.1 Å². The fourth-order valence-corrected chi connectivity index (χ4v) is 6.73. The van der Waals surface area contributed by atoms with Crippen LogP contribution < -0.4 is 0 Å². The van der Waals surface area contributed by atoms with Crippen molar-refractivity contribution in [2.75, 3.05) is 39.3 Å². The summed E-state index contributed by atoms with van der Waals surface area (Å²) in [5, 5.41) is 0. The second-order valence-corrected chi connectivity index (χ2v) is 14.9. The molecule has 0 heterocycles. The molecule has 0 N–H and O–H groups in total. The first-order valence-corrected chi connectivity index (χ1v) is 21.4. The van der Waals surface area contributed by atoms with E-state index in [0.29, 0.717) is 12.8 Å². The van der Waals surface area contributed by atoms with Crippen molar-refractivity contribution in [2.24, 2.45) is 0 Å². The van der Waals surface area contributed by atoms with E-state index in [0.717, 1.165) is 61.5 Å². The second-order valence-electron chi connectivity index (χ2n) is 14.9. The average molecular weight is 721 g/mol. The summed E-state index contributed by atoms with van der Waals surface area (Å²) in [6, 6.07) is 16.4. The molecule has 0 fully saturated rings. The number of carbonyl (C=O) groups is 2. The number of carbonyl (C=O) groups excluding carboxylic acids is 2. The SMILES string of the molecule is CCCCCCCN(CCCCCC)CCC(=O)OCc1cccc(-c2cccc(COC(=O)CCN(CCCCCC)CCCCCCC)c2)c1. The van der Waals surface area contributed by atoms with Gasteiger partial charge in [-0.05, 0) is 86.2 Å². The smallest absolute Gasteiger partial charge is 0.307 e. The molecule has 2 rings (SSSR count). The summed E-state index contributed by atoms with van der Waals surface area (Å²) in [6.07, 6.45) is 23.5. The summed E-state index contributed by atoms with van der Waals surface area (Å²) in [4.78, 5) is 30.5. The number of rotatable bonds is 33. The Labute approximate surface area is 319 Å². The third-order valence-electron chi connectivity index (χ3n) is 10.1. The Morgan fingerprint density at radius 2 is 0.769 bits per heavy atom. The highest BCUT2D eigenvalue weighted by Gasteiger charge is 2.12. The molecular formula is C46H76N2O4. The number of benzene rings is 2. The van der Waals surface area contributed by atoms with Crippen LogP contribution in [0.5, 0.6) is 0 Å². The van der Waals surface area contributed by atoms with Crippen molar-refractivity contribution in [1.29, 1.82) is 0 Å². The maximum absolute atomic E-state index is 12.8. The zero-order valence-corrected chi connectivity index (χ0v) is 33.9. The van der Waals surface area contributed by atoms with Crippen LogP contribution in [0.25, 0.3) is 11.1 Å². The number of unbranched alkanes of at least 4 members (excludes halogenated alkanes) is 14. The molecule has 2 aromatic rings. The van der Waals surface area contributed by atoms with Crippen molar-refractivity contribution in [2.45, 2.75) is 169 Å². The standard InChI is InChI=1S/C46H76N2O4/c1-5-9-13-17-21-33-47(31-19-15-11-7-3)35-29-45(49)51-39-41-25-23-27-43(37-41)44-28-24-26-42(38-44)40-52-46(50)30-36-48(32-20-16-12-8-4)34-22-18-14-10-6-2/h23-28,37-38H,5-22,29-36,39-40H2,1-4H3. The first kappa shape index (κ1) is 45.5. The molecule has 0 bridgehead atoms. The van der Waals surface area contributed by atoms with Crippen LogP contribution in [0.1, 0.15) is 167 Å². The molecule has 0 radical (unpaired) electrons. The highest BCUT2D eigenvalue weighted by Crippen LogP contribution is 2.23. The summed E-state index contributed by atoms with van der Waals surface area (Å²) >= 11 is 0. The number of hydrogen-bond donors (Lipinski definition) is 0. The third kappa shape index (κ3) is 22.4. The predicted molar refractivity (Wildman–Crippen MR) is 219 cm³/mol. The molecular weight excluding hydrogens is 645 g/mol. The first-order chi connectivity index (χ1) is 25.5. The van der Waals surface area contributed by atoms with E-state index in [4.69, 9.17) is 9.47 Å². The van der Waals surface area contributed by atoms with Crippen molar-refractivity contribution in [3.63, 3.8) is 0 Å². The van der Waals surface area contributed by atoms with Crippen LogP contribution in [0.3, 0.4) is 0 Å². The Morgan fingerprint density at radius 3 is 1.12 bits per heavy atom. The zero-order chi connectivity index (χ0) is 37.5. The van der Waals surface area contributed by atoms with Gasteiger partial charge in [-0.2, -0.15) is 0 Å². The highest BCUT2D eigenvalue weighted by atomic mass is 16.5. The van der Waals surface area contributed by atoms with Gasteiger partial charge in [-0.15, -0.1) is 0 Å². The zero-order valence-electron chi connectivity index (χ0n) is 33.9. The Morgan fingerprint density at radius 1 is 0.442 bits per heavy atom. The van der Waals surface area contributed by atoms with E-state index < -0.39 is 0 Å². The topological polar surface area (TPSA) is 59.1 Å². The van der Waals surface area contributed by atoms with Gasteiger partial charge in [0.15, 0.2) is 0 Å². The molecule has 0 saturated heterocycles. The molecule has 0 saturated carbocycles. The molecule has 0 aromatic heterocycles. The molecule has 0 aliphatic rings. The van der Waals surface area contributed by atoms with Crippen molar-refractivity contribution in [3.05, 3.63) is 59.7 Å². The monoisotopic (exact) mass is 721 g/mol. The molecule has 0 atom stereocenters. The quantitative estimate of drug-likeness (QED) is 0.0540. The maximum atomic E-state index is 12.8. The highest BCUT2D eigenvalue weighted by molar-refractivity contribution is 5.70. The summed E-state index contributed by atoms with van der Waals surface area (Å²) in [5.74, 6) is -0.268. The number of nitrogens with zero attached hydrogens (tertiary/aromatic N) is 2. The lowest BCUT2D eigenvalue weighted by Gasteiger charge is -2.22. The molecule has 0 spiro atoms. The number of ether oxygens (including phenoxy) is 2. The number of hydrogen-bond acceptors (Lipinski definition) is 6. The van der Waals surface area contributed by atoms with Crippen molar-refractivity contribution >= 4 is 11.9 Å². The molecule has 294 valence electrons. The Hall–Kier alpha value is -2.70. The van der Waals surface area contributed by atoms with Crippen molar-refractivity contribution < 1.29 is 19.1 Å². The summed E-state index contributed by atoms with van der Waals surface area (Å²) in [6.45, 7) is 15.4. The van der Waals surface area contributed by atoms with Gasteiger partial charge in [-0.1, -0.05) is 154 Å². The van der Waals surface area contributed by atoms with Crippen LogP contribution in [-0.4, -0.2) is 61.0 Å². The molecule has 52 heavy (non-hydrogen) atoms. The van der Waals surface area contributed by atoms with E-state index in [2.05, 4.69) is 61.8 Å². The Bertz CT molecular complexity index is 1090. The maximum Gasteiger partial charge on any atom is 0.307 e. The molecule has 2 aromatic carbocycles. The van der Waals surface area contributed by atoms with Crippen molar-refractivity contribution in [1.82, 2.24) is 9.80 Å². The Kier molecular flexibility index (Phi) is 26.9. The lowest BCUT2D eigenvalue weighted by Crippen LogP contribution is -2.29. The van der Waals surface area contributed by atoms with E-state index in [1.54, 1.807) is 0 Å². The van der Waals surface area contributed by atoms with Crippen LogP contribution in [0, 0.1) is 0 Å². The van der Waals surface area contributed by atoms with Crippen LogP contribution in [0.2, 0.25) is 0 Å². The first-order valence-electron chi connectivity index (χ1n) is 21.4. The Balaban J connectivity index is 1.83. The van der Waals surface area contributed by atoms with Crippen LogP contribution in [0.15, 0.2) is 48.5 Å². The van der Waals surface area contributed by atoms with Crippen LogP contribution >= 0.6 is 0 Å². The minimum Gasteiger partial charge on any atom is -0.461 e. The minimum absolute atomic E-state index is 0.134. The molecule has 0 amide bonds. The third-order valence-corrected chi connectivity index (χ3v) is 10.1. The fourth-order valence-electron chi connectivity index (χ4n) is 6.73. The van der Waals surface area contributed by atoms with E-state index in [9.17, 15) is 9.59 Å². The van der Waals surface area contributed by atoms with E-state index >= 15 is 0 Å². The van der Waals surface area contributed by atoms with Gasteiger partial charge in [0.1, 0.15) is 13.2 Å². The largest absolute Gasteiger partial charge is 0.461 e. The summed E-state index contributed by atoms with van der Waals surface area (Å²) < 4.78 is 11.5. The van der Waals surface area contributed by atoms with Crippen LogP contribution in [-0.2, 0) is 32.3 Å². The van der Waals surface area contributed by atoms with E-state index in [1.165, 1.54) is 116 Å². The van der Waals surface area contributed by atoms with E-state index in [-0.39, 0.29) is 25.2 Å². The molecule has 0 aliphatic heterocycles. The van der Waals surface area contributed by atoms with Crippen molar-refractivity contribution in [3.8, 4) is 11.1 Å². The van der Waals surface area contributed by atoms with Gasteiger partial charge in [-0.3, -0.25) is 9.59 Å². The summed E-state index contributed by atoms with van der Waals surface area (Å²) in [7, 11) is 0. The van der Waals surface area contributed by atoms with Gasteiger partial charge in [-0.25, -0.2) is 0 Å². The van der Waals surface area contributed by atoms with Gasteiger partial charge in [0.25, 0.3) is 0 Å². The molecule has 6 nitrogen and oxygen atoms in total. The lowest BCUT2D eigenvalue weighted by atomic mass is 10.0. The normalized spacial score (nSPS) is 11.4. The van der Waals surface area contributed by atoms with Crippen LogP contribution in [0.4, 0.5) is 0 Å². The lowest BCUT2D eigenvalue weighted by molar-refractivity contribution is -0.146. The summed E-state index contributed by atoms with van der Waals surface area (Å²) in [5.41, 5.74) is 4.06. The fraction of sp³-hybridized carbons (Fsp3) is 0.696. The van der Waals surface area contributed by atoms with Gasteiger partial charge < -0.3 is 19.3 Å². The van der Waals surface area contributed by atoms with Gasteiger partial charge >= 0.3 is 11.9 Å². The second kappa shape index (κ2) is 30.7. The predicted octanol–water partition coefficient (Wildman–Crippen LogP) is 11.9. The molecule has 0 unspecified atom stereocenters. The van der Waals surface area contributed by atoms with E-state index in [1.807, 2.05) is 24.3 Å². The average Bonchev–Trinajstić information content (AvgIpc) is 3.17. The number of esters is 2. The minimum atomic E-state index is -0.134. The molecule has 6 heteroatoms. The van der Waals surface area contributed by atoms with Gasteiger partial charge in [0.2, 0.25) is 0 Å². The van der Waals surface area contributed by atoms with Gasteiger partial charge in [0.05, 0.1) is 12.8 Å².